The molecule has 2 rings (SSSR count). The standard InChI is InChI=1S/C14H16N2/c1-10-3-4-12(7-11(10)2)8-13-5-6-16-14(15)9-13/h3-7,9H,8H2,1-2H3,(H2,15,16). The molecule has 1 aromatic carbocycles. The van der Waals surface area contributed by atoms with Gasteiger partial charge in [-0.25, -0.2) is 4.98 Å². The van der Waals surface area contributed by atoms with Crippen molar-refractivity contribution in [2.75, 3.05) is 5.73 Å². The van der Waals surface area contributed by atoms with Crippen LogP contribution in [0.15, 0.2) is 36.5 Å². The minimum absolute atomic E-state index is 0.585. The van der Waals surface area contributed by atoms with Crippen LogP contribution in [0.3, 0.4) is 0 Å². The van der Waals surface area contributed by atoms with Gasteiger partial charge in [-0.15, -0.1) is 0 Å². The smallest absolute Gasteiger partial charge is 0.123 e. The van der Waals surface area contributed by atoms with E-state index in [0.717, 1.165) is 6.42 Å². The lowest BCUT2D eigenvalue weighted by Gasteiger charge is -2.05. The first-order valence-corrected chi connectivity index (χ1v) is 5.41. The van der Waals surface area contributed by atoms with Gasteiger partial charge in [0.2, 0.25) is 0 Å². The number of aryl methyl sites for hydroxylation is 2. The average molecular weight is 212 g/mol. The molecule has 0 atom stereocenters. The lowest BCUT2D eigenvalue weighted by atomic mass is 10.0. The first kappa shape index (κ1) is 10.7. The molecule has 2 N–H and O–H groups in total. The molecule has 0 saturated carbocycles. The minimum Gasteiger partial charge on any atom is -0.384 e. The van der Waals surface area contributed by atoms with Crippen LogP contribution in [-0.2, 0) is 6.42 Å². The van der Waals surface area contributed by atoms with Crippen LogP contribution in [-0.4, -0.2) is 4.98 Å². The van der Waals surface area contributed by atoms with Gasteiger partial charge >= 0.3 is 0 Å². The van der Waals surface area contributed by atoms with Gasteiger partial charge in [0.05, 0.1) is 0 Å². The van der Waals surface area contributed by atoms with E-state index in [1.54, 1.807) is 6.20 Å². The van der Waals surface area contributed by atoms with Crippen LogP contribution in [0.1, 0.15) is 22.3 Å². The summed E-state index contributed by atoms with van der Waals surface area (Å²) in [7, 11) is 0. The lowest BCUT2D eigenvalue weighted by Crippen LogP contribution is -1.94. The van der Waals surface area contributed by atoms with Crippen molar-refractivity contribution in [1.29, 1.82) is 0 Å². The highest BCUT2D eigenvalue weighted by Gasteiger charge is 1.99. The minimum atomic E-state index is 0.585. The Bertz CT molecular complexity index is 504. The molecule has 82 valence electrons. The van der Waals surface area contributed by atoms with E-state index in [4.69, 9.17) is 5.73 Å². The number of aromatic nitrogens is 1. The number of pyridine rings is 1. The zero-order valence-electron chi connectivity index (χ0n) is 9.70. The number of nitrogen functional groups attached to an aromatic ring is 1. The van der Waals surface area contributed by atoms with Gasteiger partial charge in [-0.05, 0) is 54.7 Å². The maximum absolute atomic E-state index is 5.66. The van der Waals surface area contributed by atoms with Crippen LogP contribution in [0.2, 0.25) is 0 Å². The van der Waals surface area contributed by atoms with Crippen molar-refractivity contribution in [1.82, 2.24) is 4.98 Å². The Morgan fingerprint density at radius 2 is 1.75 bits per heavy atom. The molecule has 0 radical (unpaired) electrons. The van der Waals surface area contributed by atoms with Crippen molar-refractivity contribution in [3.8, 4) is 0 Å². The predicted octanol–water partition coefficient (Wildman–Crippen LogP) is 2.87. The molecule has 0 fully saturated rings. The second-order valence-corrected chi connectivity index (χ2v) is 4.18. The van der Waals surface area contributed by atoms with E-state index in [9.17, 15) is 0 Å². The van der Waals surface area contributed by atoms with Crippen molar-refractivity contribution in [2.45, 2.75) is 20.3 Å². The number of anilines is 1. The summed E-state index contributed by atoms with van der Waals surface area (Å²) in [6.45, 7) is 4.27. The molecule has 0 amide bonds. The zero-order chi connectivity index (χ0) is 11.5. The van der Waals surface area contributed by atoms with Crippen LogP contribution in [0.5, 0.6) is 0 Å². The fraction of sp³-hybridized carbons (Fsp3) is 0.214. The molecule has 0 spiro atoms. The maximum atomic E-state index is 5.66. The van der Waals surface area contributed by atoms with Gasteiger partial charge in [0.25, 0.3) is 0 Å². The molecule has 16 heavy (non-hydrogen) atoms. The summed E-state index contributed by atoms with van der Waals surface area (Å²) in [4.78, 5) is 3.99. The van der Waals surface area contributed by atoms with E-state index in [0.29, 0.717) is 5.82 Å². The van der Waals surface area contributed by atoms with Crippen molar-refractivity contribution in [3.05, 3.63) is 58.8 Å². The molecular formula is C14H16N2. The third-order valence-corrected chi connectivity index (χ3v) is 2.83. The fourth-order valence-corrected chi connectivity index (χ4v) is 1.75. The molecule has 2 aromatic rings. The van der Waals surface area contributed by atoms with Crippen LogP contribution in [0, 0.1) is 13.8 Å². The van der Waals surface area contributed by atoms with E-state index < -0.39 is 0 Å². The molecule has 0 saturated heterocycles. The molecular weight excluding hydrogens is 196 g/mol. The fourth-order valence-electron chi connectivity index (χ4n) is 1.75. The number of hydrogen-bond acceptors (Lipinski definition) is 2. The normalized spacial score (nSPS) is 10.4. The molecule has 0 unspecified atom stereocenters. The highest BCUT2D eigenvalue weighted by molar-refractivity contribution is 5.37. The Hall–Kier alpha value is -1.83. The number of nitrogens with two attached hydrogens (primary N) is 1. The molecule has 2 heteroatoms. The summed E-state index contributed by atoms with van der Waals surface area (Å²) >= 11 is 0. The second kappa shape index (κ2) is 4.35. The predicted molar refractivity (Wildman–Crippen MR) is 67.4 cm³/mol. The lowest BCUT2D eigenvalue weighted by molar-refractivity contribution is 1.15. The number of benzene rings is 1. The monoisotopic (exact) mass is 212 g/mol. The summed E-state index contributed by atoms with van der Waals surface area (Å²) in [6.07, 6.45) is 2.67. The van der Waals surface area contributed by atoms with Gasteiger partial charge in [-0.1, -0.05) is 18.2 Å². The van der Waals surface area contributed by atoms with Gasteiger partial charge in [0, 0.05) is 6.20 Å². The summed E-state index contributed by atoms with van der Waals surface area (Å²) in [6, 6.07) is 10.5. The zero-order valence-corrected chi connectivity index (χ0v) is 9.70. The van der Waals surface area contributed by atoms with Gasteiger partial charge in [-0.2, -0.15) is 0 Å². The molecule has 1 aromatic heterocycles. The molecule has 0 bridgehead atoms. The van der Waals surface area contributed by atoms with E-state index in [-0.39, 0.29) is 0 Å². The summed E-state index contributed by atoms with van der Waals surface area (Å²) < 4.78 is 0. The average Bonchev–Trinajstić information content (AvgIpc) is 2.24. The first-order valence-electron chi connectivity index (χ1n) is 5.41. The van der Waals surface area contributed by atoms with Crippen molar-refractivity contribution < 1.29 is 0 Å². The second-order valence-electron chi connectivity index (χ2n) is 4.18. The van der Waals surface area contributed by atoms with Crippen molar-refractivity contribution >= 4 is 5.82 Å². The number of nitrogens with zero attached hydrogens (tertiary/aromatic N) is 1. The highest BCUT2D eigenvalue weighted by Crippen LogP contribution is 2.14. The quantitative estimate of drug-likeness (QED) is 0.831. The van der Waals surface area contributed by atoms with E-state index >= 15 is 0 Å². The van der Waals surface area contributed by atoms with Gasteiger partial charge in [-0.3, -0.25) is 0 Å². The molecule has 1 heterocycles. The largest absolute Gasteiger partial charge is 0.384 e. The van der Waals surface area contributed by atoms with Crippen LogP contribution in [0.25, 0.3) is 0 Å². The Morgan fingerprint density at radius 3 is 2.44 bits per heavy atom. The summed E-state index contributed by atoms with van der Waals surface area (Å²) in [5, 5.41) is 0. The summed E-state index contributed by atoms with van der Waals surface area (Å²) in [5.74, 6) is 0.585. The van der Waals surface area contributed by atoms with Crippen molar-refractivity contribution in [2.24, 2.45) is 0 Å². The Kier molecular flexibility index (Phi) is 2.91. The summed E-state index contributed by atoms with van der Waals surface area (Å²) in [5.41, 5.74) is 10.8. The Morgan fingerprint density at radius 1 is 1.00 bits per heavy atom. The third-order valence-electron chi connectivity index (χ3n) is 2.83. The first-order chi connectivity index (χ1) is 7.65. The SMILES string of the molecule is Cc1ccc(Cc2ccnc(N)c2)cc1C. The van der Waals surface area contributed by atoms with Crippen LogP contribution in [0.4, 0.5) is 5.82 Å². The maximum Gasteiger partial charge on any atom is 0.123 e. The van der Waals surface area contributed by atoms with Gasteiger partial charge in [0.15, 0.2) is 0 Å². The molecule has 0 aliphatic carbocycles. The van der Waals surface area contributed by atoms with Crippen LogP contribution >= 0.6 is 0 Å². The van der Waals surface area contributed by atoms with E-state index in [2.05, 4.69) is 37.0 Å². The molecule has 0 aliphatic rings. The number of rotatable bonds is 2. The van der Waals surface area contributed by atoms with Crippen molar-refractivity contribution in [3.63, 3.8) is 0 Å². The van der Waals surface area contributed by atoms with Gasteiger partial charge < -0.3 is 5.73 Å². The third kappa shape index (κ3) is 2.40. The Balaban J connectivity index is 2.24. The molecule has 0 aliphatic heterocycles. The Labute approximate surface area is 96.1 Å². The highest BCUT2D eigenvalue weighted by atomic mass is 14.8. The van der Waals surface area contributed by atoms with E-state index in [1.165, 1.54) is 22.3 Å². The van der Waals surface area contributed by atoms with Gasteiger partial charge in [0.1, 0.15) is 5.82 Å². The molecule has 2 nitrogen and oxygen atoms in total. The van der Waals surface area contributed by atoms with Crippen LogP contribution < -0.4 is 5.73 Å². The number of hydrogen-bond donors (Lipinski definition) is 1. The van der Waals surface area contributed by atoms with E-state index in [1.807, 2.05) is 12.1 Å². The topological polar surface area (TPSA) is 38.9 Å².